The van der Waals surface area contributed by atoms with Gasteiger partial charge in [-0.05, 0) is 38.5 Å². The number of methoxy groups -OCH3 is 1. The van der Waals surface area contributed by atoms with Crippen LogP contribution in [0.15, 0.2) is 43.1 Å². The second kappa shape index (κ2) is 7.77. The number of hydrogen-bond acceptors (Lipinski definition) is 4. The topological polar surface area (TPSA) is 42.4 Å². The van der Waals surface area contributed by atoms with E-state index < -0.39 is 0 Å². The number of fused-ring (bicyclic) bond motifs is 1. The fraction of sp³-hybridized carbons (Fsp3) is 0.300. The average molecular weight is 324 g/mol. The van der Waals surface area contributed by atoms with Crippen LogP contribution < -0.4 is 0 Å². The van der Waals surface area contributed by atoms with Crippen LogP contribution in [0.2, 0.25) is 0 Å². The fourth-order valence-corrected chi connectivity index (χ4v) is 2.62. The highest BCUT2D eigenvalue weighted by molar-refractivity contribution is 5.84. The summed E-state index contributed by atoms with van der Waals surface area (Å²) >= 11 is 0. The molecule has 0 atom stereocenters. The number of ether oxygens (including phenoxy) is 1. The van der Waals surface area contributed by atoms with Crippen LogP contribution in [-0.4, -0.2) is 29.0 Å². The van der Waals surface area contributed by atoms with Crippen LogP contribution in [0.25, 0.3) is 17.0 Å². The molecule has 0 aliphatic heterocycles. The molecule has 0 aliphatic rings. The second-order valence-electron chi connectivity index (χ2n) is 5.93. The van der Waals surface area contributed by atoms with Crippen LogP contribution in [-0.2, 0) is 16.1 Å². The van der Waals surface area contributed by atoms with Crippen molar-refractivity contribution in [2.75, 3.05) is 7.11 Å². The highest BCUT2D eigenvalue weighted by Crippen LogP contribution is 2.25. The maximum atomic E-state index is 11.4. The molecular weight excluding hydrogens is 300 g/mol. The maximum absolute atomic E-state index is 11.4. The number of nitrogens with zero attached hydrogens (tertiary/aromatic N) is 2. The molecule has 4 heteroatoms. The van der Waals surface area contributed by atoms with Gasteiger partial charge in [0.2, 0.25) is 0 Å². The Morgan fingerprint density at radius 1 is 1.38 bits per heavy atom. The number of hydrogen-bond donors (Lipinski definition) is 0. The van der Waals surface area contributed by atoms with Crippen LogP contribution in [0.1, 0.15) is 30.7 Å². The van der Waals surface area contributed by atoms with E-state index >= 15 is 0 Å². The van der Waals surface area contributed by atoms with E-state index in [1.165, 1.54) is 18.7 Å². The minimum Gasteiger partial charge on any atom is -0.466 e. The van der Waals surface area contributed by atoms with Gasteiger partial charge >= 0.3 is 5.97 Å². The summed E-state index contributed by atoms with van der Waals surface area (Å²) < 4.78 is 4.68. The molecule has 2 rings (SSSR count). The smallest absolute Gasteiger partial charge is 0.331 e. The highest BCUT2D eigenvalue weighted by Gasteiger charge is 2.14. The van der Waals surface area contributed by atoms with Gasteiger partial charge in [0.15, 0.2) is 0 Å². The zero-order valence-electron chi connectivity index (χ0n) is 14.7. The molecule has 1 heterocycles. The Kier molecular flexibility index (Phi) is 5.74. The summed E-state index contributed by atoms with van der Waals surface area (Å²) in [6.07, 6.45) is 5.01. The average Bonchev–Trinajstić information content (AvgIpc) is 2.59. The second-order valence-corrected chi connectivity index (χ2v) is 5.93. The third-order valence-corrected chi connectivity index (χ3v) is 4.11. The minimum atomic E-state index is -0.363. The number of aromatic nitrogens is 1. The lowest BCUT2D eigenvalue weighted by Gasteiger charge is -2.26. The summed E-state index contributed by atoms with van der Waals surface area (Å²) in [5, 5.41) is 1.14. The van der Waals surface area contributed by atoms with Crippen LogP contribution in [0.3, 0.4) is 0 Å². The van der Waals surface area contributed by atoms with Crippen LogP contribution >= 0.6 is 0 Å². The monoisotopic (exact) mass is 324 g/mol. The maximum Gasteiger partial charge on any atom is 0.331 e. The fourth-order valence-electron chi connectivity index (χ4n) is 2.62. The third-order valence-electron chi connectivity index (χ3n) is 4.11. The van der Waals surface area contributed by atoms with Crippen molar-refractivity contribution in [1.82, 2.24) is 9.88 Å². The van der Waals surface area contributed by atoms with Crippen molar-refractivity contribution < 1.29 is 9.53 Å². The zero-order chi connectivity index (χ0) is 17.7. The predicted molar refractivity (Wildman–Crippen MR) is 98.4 cm³/mol. The van der Waals surface area contributed by atoms with E-state index in [1.54, 1.807) is 12.3 Å². The molecule has 1 aromatic carbocycles. The van der Waals surface area contributed by atoms with Gasteiger partial charge in [-0.1, -0.05) is 24.8 Å². The zero-order valence-corrected chi connectivity index (χ0v) is 14.7. The summed E-state index contributed by atoms with van der Waals surface area (Å²) in [6.45, 7) is 10.8. The largest absolute Gasteiger partial charge is 0.466 e. The molecule has 0 amide bonds. The summed E-state index contributed by atoms with van der Waals surface area (Å²) in [5.74, 6) is -0.363. The first-order valence-corrected chi connectivity index (χ1v) is 8.00. The molecule has 0 saturated carbocycles. The van der Waals surface area contributed by atoms with Gasteiger partial charge in [0.25, 0.3) is 0 Å². The van der Waals surface area contributed by atoms with Crippen molar-refractivity contribution in [1.29, 1.82) is 0 Å². The van der Waals surface area contributed by atoms with E-state index in [1.807, 2.05) is 18.2 Å². The number of benzene rings is 1. The summed E-state index contributed by atoms with van der Waals surface area (Å²) in [7, 11) is 1.37. The molecule has 1 aromatic heterocycles. The minimum absolute atomic E-state index is 0.231. The number of pyridine rings is 1. The quantitative estimate of drug-likeness (QED) is 0.593. The first-order valence-electron chi connectivity index (χ1n) is 8.00. The van der Waals surface area contributed by atoms with Gasteiger partial charge in [0.1, 0.15) is 0 Å². The normalized spacial score (nSPS) is 11.2. The Morgan fingerprint density at radius 3 is 2.71 bits per heavy atom. The van der Waals surface area contributed by atoms with Crippen LogP contribution in [0.4, 0.5) is 0 Å². The predicted octanol–water partition coefficient (Wildman–Crippen LogP) is 4.08. The number of aryl methyl sites for hydroxylation is 1. The van der Waals surface area contributed by atoms with E-state index in [0.717, 1.165) is 22.2 Å². The molecule has 0 radical (unpaired) electrons. The van der Waals surface area contributed by atoms with E-state index in [2.05, 4.69) is 43.1 Å². The van der Waals surface area contributed by atoms with Gasteiger partial charge in [-0.25, -0.2) is 9.78 Å². The summed E-state index contributed by atoms with van der Waals surface area (Å²) in [6, 6.07) is 8.33. The molecule has 0 saturated heterocycles. The molecule has 0 spiro atoms. The molecule has 0 bridgehead atoms. The first-order chi connectivity index (χ1) is 11.5. The SMILES string of the molecule is C=Cc1nc2ccccc2c(C)c1CN(/C=C/C(=O)OC)C(C)C. The molecule has 0 N–H and O–H groups in total. The molecule has 126 valence electrons. The van der Waals surface area contributed by atoms with Crippen molar-refractivity contribution in [3.8, 4) is 0 Å². The Labute approximate surface area is 143 Å². The van der Waals surface area contributed by atoms with Gasteiger partial charge in [-0.2, -0.15) is 0 Å². The molecule has 0 fully saturated rings. The van der Waals surface area contributed by atoms with Crippen molar-refractivity contribution in [2.45, 2.75) is 33.4 Å². The molecular formula is C20H24N2O2. The first kappa shape index (κ1) is 17.7. The lowest BCUT2D eigenvalue weighted by atomic mass is 10.0. The van der Waals surface area contributed by atoms with E-state index in [4.69, 9.17) is 4.98 Å². The van der Waals surface area contributed by atoms with Crippen molar-refractivity contribution >= 4 is 22.9 Å². The number of rotatable bonds is 6. The van der Waals surface area contributed by atoms with Gasteiger partial charge in [-0.3, -0.25) is 0 Å². The summed E-state index contributed by atoms with van der Waals surface area (Å²) in [5.41, 5.74) is 4.15. The third kappa shape index (κ3) is 3.82. The van der Waals surface area contributed by atoms with E-state index in [-0.39, 0.29) is 12.0 Å². The van der Waals surface area contributed by atoms with E-state index in [9.17, 15) is 4.79 Å². The van der Waals surface area contributed by atoms with Crippen molar-refractivity contribution in [3.05, 3.63) is 59.9 Å². The molecule has 0 unspecified atom stereocenters. The van der Waals surface area contributed by atoms with Gasteiger partial charge in [0.05, 0.1) is 18.3 Å². The van der Waals surface area contributed by atoms with Crippen molar-refractivity contribution in [3.63, 3.8) is 0 Å². The van der Waals surface area contributed by atoms with Gasteiger partial charge < -0.3 is 9.64 Å². The number of carbonyl (C=O) groups is 1. The van der Waals surface area contributed by atoms with Crippen LogP contribution in [0, 0.1) is 6.92 Å². The highest BCUT2D eigenvalue weighted by atomic mass is 16.5. The number of esters is 1. The molecule has 2 aromatic rings. The van der Waals surface area contributed by atoms with Crippen molar-refractivity contribution in [2.24, 2.45) is 0 Å². The lowest BCUT2D eigenvalue weighted by molar-refractivity contribution is -0.134. The Hall–Kier alpha value is -2.62. The Morgan fingerprint density at radius 2 is 2.08 bits per heavy atom. The molecule has 24 heavy (non-hydrogen) atoms. The van der Waals surface area contributed by atoms with Crippen LogP contribution in [0.5, 0.6) is 0 Å². The van der Waals surface area contributed by atoms with E-state index in [0.29, 0.717) is 6.54 Å². The number of para-hydroxylation sites is 1. The lowest BCUT2D eigenvalue weighted by Crippen LogP contribution is -2.26. The standard InChI is InChI=1S/C20H24N2O2/c1-6-18-17(13-22(14(2)3)12-11-20(23)24-5)15(4)16-9-7-8-10-19(16)21-18/h6-12,14H,1,13H2,2-5H3/b12-11+. The summed E-state index contributed by atoms with van der Waals surface area (Å²) in [4.78, 5) is 18.2. The van der Waals surface area contributed by atoms with Gasteiger partial charge in [-0.15, -0.1) is 0 Å². The molecule has 0 aliphatic carbocycles. The van der Waals surface area contributed by atoms with Gasteiger partial charge in [0, 0.05) is 35.8 Å². The Bertz CT molecular complexity index is 779. The number of carbonyl (C=O) groups excluding carboxylic acids is 1. The Balaban J connectivity index is 2.45. The molecule has 4 nitrogen and oxygen atoms in total.